The lowest BCUT2D eigenvalue weighted by Gasteiger charge is -2.35. The van der Waals surface area contributed by atoms with Gasteiger partial charge in [-0.3, -0.25) is 0 Å². The van der Waals surface area contributed by atoms with E-state index in [0.29, 0.717) is 6.07 Å². The third-order valence-corrected chi connectivity index (χ3v) is 4.42. The zero-order valence-electron chi connectivity index (χ0n) is 13.6. The maximum absolute atomic E-state index is 13.9. The van der Waals surface area contributed by atoms with E-state index in [1.165, 1.54) is 24.3 Å². The average molecular weight is 402 g/mol. The molecule has 0 fully saturated rings. The largest absolute Gasteiger partial charge is 0.370 e. The number of aliphatic hydroxyl groups excluding tert-OH is 1. The second kappa shape index (κ2) is 7.70. The van der Waals surface area contributed by atoms with Crippen molar-refractivity contribution in [2.75, 3.05) is 6.54 Å². The van der Waals surface area contributed by atoms with Crippen LogP contribution in [-0.4, -0.2) is 29.2 Å². The number of allylic oxidation sites excluding steroid dienone is 2. The van der Waals surface area contributed by atoms with E-state index in [2.05, 4.69) is 0 Å². The standard InChI is InChI=1S/C19H13ClF5NO/c20-18-14(7-12(22)8-15(18)23)13-5-6-17(27)26(9-16(24)25)19(13)10-1-3-11(21)4-2-10/h1-8,16-17,27H,9H2. The highest BCUT2D eigenvalue weighted by atomic mass is 35.5. The molecule has 27 heavy (non-hydrogen) atoms. The van der Waals surface area contributed by atoms with Gasteiger partial charge in [0.25, 0.3) is 6.43 Å². The normalized spacial score (nSPS) is 17.2. The number of rotatable bonds is 4. The second-order valence-electron chi connectivity index (χ2n) is 5.83. The summed E-state index contributed by atoms with van der Waals surface area (Å²) < 4.78 is 67.1. The van der Waals surface area contributed by atoms with Crippen LogP contribution in [-0.2, 0) is 0 Å². The fraction of sp³-hybridized carbons (Fsp3) is 0.158. The summed E-state index contributed by atoms with van der Waals surface area (Å²) in [5.41, 5.74) is 0.375. The highest BCUT2D eigenvalue weighted by Crippen LogP contribution is 2.39. The van der Waals surface area contributed by atoms with E-state index in [-0.39, 0.29) is 22.4 Å². The number of alkyl halides is 2. The molecule has 0 radical (unpaired) electrons. The third kappa shape index (κ3) is 3.99. The van der Waals surface area contributed by atoms with Gasteiger partial charge in [-0.25, -0.2) is 22.0 Å². The van der Waals surface area contributed by atoms with Crippen molar-refractivity contribution < 1.29 is 27.1 Å². The fourth-order valence-electron chi connectivity index (χ4n) is 2.90. The topological polar surface area (TPSA) is 23.5 Å². The van der Waals surface area contributed by atoms with Gasteiger partial charge < -0.3 is 10.0 Å². The predicted molar refractivity (Wildman–Crippen MR) is 92.4 cm³/mol. The fourth-order valence-corrected chi connectivity index (χ4v) is 3.11. The Hall–Kier alpha value is -2.38. The Labute approximate surface area is 156 Å². The van der Waals surface area contributed by atoms with Crippen LogP contribution < -0.4 is 0 Å². The van der Waals surface area contributed by atoms with Crippen molar-refractivity contribution in [3.63, 3.8) is 0 Å². The van der Waals surface area contributed by atoms with E-state index in [1.807, 2.05) is 0 Å². The summed E-state index contributed by atoms with van der Waals surface area (Å²) in [6.45, 7) is -0.850. The molecule has 0 bridgehead atoms. The summed E-state index contributed by atoms with van der Waals surface area (Å²) in [6.07, 6.45) is -1.67. The average Bonchev–Trinajstić information content (AvgIpc) is 2.60. The molecule has 0 aliphatic carbocycles. The van der Waals surface area contributed by atoms with Crippen molar-refractivity contribution in [3.05, 3.63) is 82.2 Å². The van der Waals surface area contributed by atoms with Crippen molar-refractivity contribution in [2.45, 2.75) is 12.7 Å². The molecule has 8 heteroatoms. The molecule has 1 atom stereocenters. The molecule has 2 aromatic carbocycles. The molecular formula is C19H13ClF5NO. The maximum atomic E-state index is 13.9. The predicted octanol–water partition coefficient (Wildman–Crippen LogP) is 5.08. The number of halogens is 6. The van der Waals surface area contributed by atoms with Crippen LogP contribution in [0.5, 0.6) is 0 Å². The van der Waals surface area contributed by atoms with Crippen molar-refractivity contribution in [1.29, 1.82) is 0 Å². The quantitative estimate of drug-likeness (QED) is 0.570. The maximum Gasteiger partial charge on any atom is 0.255 e. The van der Waals surface area contributed by atoms with E-state index < -0.39 is 41.7 Å². The van der Waals surface area contributed by atoms with Crippen LogP contribution >= 0.6 is 11.6 Å². The number of hydrogen-bond donors (Lipinski definition) is 1. The smallest absolute Gasteiger partial charge is 0.255 e. The van der Waals surface area contributed by atoms with Gasteiger partial charge in [-0.05, 0) is 42.0 Å². The second-order valence-corrected chi connectivity index (χ2v) is 6.21. The molecule has 1 unspecified atom stereocenters. The summed E-state index contributed by atoms with van der Waals surface area (Å²) in [7, 11) is 0. The monoisotopic (exact) mass is 401 g/mol. The Balaban J connectivity index is 2.28. The first-order valence-corrected chi connectivity index (χ1v) is 8.22. The molecule has 0 amide bonds. The minimum absolute atomic E-state index is 0.0530. The van der Waals surface area contributed by atoms with Gasteiger partial charge >= 0.3 is 0 Å². The SMILES string of the molecule is OC1C=CC(c2cc(F)cc(F)c2Cl)=C(c2ccc(F)cc2)N1CC(F)F. The molecule has 0 aromatic heterocycles. The number of hydrogen-bond acceptors (Lipinski definition) is 2. The summed E-state index contributed by atoms with van der Waals surface area (Å²) in [5.74, 6) is -2.47. The number of nitrogens with zero attached hydrogens (tertiary/aromatic N) is 1. The van der Waals surface area contributed by atoms with Gasteiger partial charge in [-0.15, -0.1) is 0 Å². The minimum Gasteiger partial charge on any atom is -0.370 e. The Morgan fingerprint density at radius 3 is 2.33 bits per heavy atom. The van der Waals surface area contributed by atoms with Crippen molar-refractivity contribution in [1.82, 2.24) is 4.90 Å². The van der Waals surface area contributed by atoms with E-state index in [4.69, 9.17) is 11.6 Å². The number of benzene rings is 2. The van der Waals surface area contributed by atoms with Gasteiger partial charge in [0, 0.05) is 17.2 Å². The lowest BCUT2D eigenvalue weighted by atomic mass is 9.94. The molecule has 1 aliphatic rings. The van der Waals surface area contributed by atoms with Crippen LogP contribution in [0, 0.1) is 17.5 Å². The zero-order chi connectivity index (χ0) is 19.7. The Bertz CT molecular complexity index is 911. The van der Waals surface area contributed by atoms with Crippen molar-refractivity contribution in [3.8, 4) is 0 Å². The first kappa shape index (κ1) is 19.4. The van der Waals surface area contributed by atoms with Crippen molar-refractivity contribution in [2.24, 2.45) is 0 Å². The van der Waals surface area contributed by atoms with Crippen molar-refractivity contribution >= 4 is 22.9 Å². The summed E-state index contributed by atoms with van der Waals surface area (Å²) >= 11 is 5.97. The van der Waals surface area contributed by atoms with Gasteiger partial charge in [0.05, 0.1) is 17.3 Å². The highest BCUT2D eigenvalue weighted by Gasteiger charge is 2.29. The van der Waals surface area contributed by atoms with E-state index in [9.17, 15) is 27.1 Å². The van der Waals surface area contributed by atoms with Gasteiger partial charge in [-0.1, -0.05) is 17.7 Å². The van der Waals surface area contributed by atoms with Gasteiger partial charge in [0.1, 0.15) is 23.7 Å². The molecule has 1 heterocycles. The van der Waals surface area contributed by atoms with Crippen LogP contribution in [0.15, 0.2) is 48.6 Å². The van der Waals surface area contributed by atoms with Crippen LogP contribution in [0.3, 0.4) is 0 Å². The van der Waals surface area contributed by atoms with Gasteiger partial charge in [0.15, 0.2) is 0 Å². The summed E-state index contributed by atoms with van der Waals surface area (Å²) in [5, 5.41) is 9.76. The van der Waals surface area contributed by atoms with E-state index in [0.717, 1.165) is 23.1 Å². The molecule has 3 rings (SSSR count). The third-order valence-electron chi connectivity index (χ3n) is 4.03. The molecule has 1 N–H and O–H groups in total. The number of aliphatic hydroxyl groups is 1. The lowest BCUT2D eigenvalue weighted by Crippen LogP contribution is -2.38. The molecular weight excluding hydrogens is 389 g/mol. The first-order valence-electron chi connectivity index (χ1n) is 7.84. The Morgan fingerprint density at radius 2 is 1.70 bits per heavy atom. The Morgan fingerprint density at radius 1 is 1.04 bits per heavy atom. The molecule has 1 aliphatic heterocycles. The molecule has 0 spiro atoms. The van der Waals surface area contributed by atoms with E-state index >= 15 is 0 Å². The van der Waals surface area contributed by atoms with Gasteiger partial charge in [-0.2, -0.15) is 0 Å². The molecule has 2 nitrogen and oxygen atoms in total. The van der Waals surface area contributed by atoms with Crippen LogP contribution in [0.2, 0.25) is 5.02 Å². The van der Waals surface area contributed by atoms with Crippen LogP contribution in [0.1, 0.15) is 11.1 Å². The summed E-state index contributed by atoms with van der Waals surface area (Å²) in [4.78, 5) is 0.965. The Kier molecular flexibility index (Phi) is 5.53. The first-order chi connectivity index (χ1) is 12.8. The van der Waals surface area contributed by atoms with Gasteiger partial charge in [0.2, 0.25) is 0 Å². The molecule has 0 saturated carbocycles. The van der Waals surface area contributed by atoms with Crippen LogP contribution in [0.4, 0.5) is 22.0 Å². The molecule has 2 aromatic rings. The summed E-state index contributed by atoms with van der Waals surface area (Å²) in [6, 6.07) is 6.42. The minimum atomic E-state index is -2.80. The van der Waals surface area contributed by atoms with Crippen LogP contribution in [0.25, 0.3) is 11.3 Å². The zero-order valence-corrected chi connectivity index (χ0v) is 14.4. The highest BCUT2D eigenvalue weighted by molar-refractivity contribution is 6.33. The molecule has 0 saturated heterocycles. The lowest BCUT2D eigenvalue weighted by molar-refractivity contribution is 0.0337. The van der Waals surface area contributed by atoms with E-state index in [1.54, 1.807) is 0 Å². The molecule has 142 valence electrons.